The predicted molar refractivity (Wildman–Crippen MR) is 128 cm³/mol. The van der Waals surface area contributed by atoms with Gasteiger partial charge in [0.1, 0.15) is 30.0 Å². The van der Waals surface area contributed by atoms with Gasteiger partial charge in [0.05, 0.1) is 23.1 Å². The monoisotopic (exact) mass is 577 g/mol. The van der Waals surface area contributed by atoms with Gasteiger partial charge in [0.15, 0.2) is 24.0 Å². The van der Waals surface area contributed by atoms with Crippen LogP contribution in [0.5, 0.6) is 0 Å². The maximum absolute atomic E-state index is 14.6. The maximum Gasteiger partial charge on any atom is 0.257 e. The van der Waals surface area contributed by atoms with Gasteiger partial charge >= 0.3 is 0 Å². The standard InChI is InChI=1S/C24H22BrF2N5O5/c1-11(28)29-23(34)22-20(33)19(21-16(36-22)10-35-24(37-21)12-5-3-2-4-6-12)32-9-15(30-31-32)13-7-8-14(25)18(27)17(13)26/h2-9,16,19-22,24,33H,10H2,1H3,(H2,28,29,34)/t16-,19-,20-,21+,22-,24+/m1/s1. The molecule has 0 aliphatic carbocycles. The van der Waals surface area contributed by atoms with E-state index in [2.05, 4.69) is 31.6 Å². The number of amidine groups is 1. The molecule has 3 N–H and O–H groups in total. The lowest BCUT2D eigenvalue weighted by Gasteiger charge is -2.47. The van der Waals surface area contributed by atoms with Crippen molar-refractivity contribution >= 4 is 27.7 Å². The Morgan fingerprint density at radius 2 is 1.95 bits per heavy atom. The average Bonchev–Trinajstić information content (AvgIpc) is 3.36. The van der Waals surface area contributed by atoms with Crippen LogP contribution in [0.3, 0.4) is 0 Å². The van der Waals surface area contributed by atoms with Crippen molar-refractivity contribution in [1.29, 1.82) is 5.41 Å². The molecule has 2 fully saturated rings. The highest BCUT2D eigenvalue weighted by Crippen LogP contribution is 2.39. The highest BCUT2D eigenvalue weighted by molar-refractivity contribution is 9.10. The van der Waals surface area contributed by atoms with Crippen molar-refractivity contribution in [2.45, 2.75) is 43.7 Å². The number of hydrogen-bond donors (Lipinski definition) is 3. The number of fused-ring (bicyclic) bond motifs is 1. The number of benzene rings is 2. The Kier molecular flexibility index (Phi) is 7.14. The second-order valence-corrected chi connectivity index (χ2v) is 9.53. The topological polar surface area (TPSA) is 132 Å². The van der Waals surface area contributed by atoms with Crippen LogP contribution in [-0.4, -0.2) is 62.9 Å². The summed E-state index contributed by atoms with van der Waals surface area (Å²) >= 11 is 2.94. The first-order valence-corrected chi connectivity index (χ1v) is 12.1. The van der Waals surface area contributed by atoms with Gasteiger partial charge in [-0.1, -0.05) is 35.5 Å². The molecule has 37 heavy (non-hydrogen) atoms. The van der Waals surface area contributed by atoms with Crippen LogP contribution in [-0.2, 0) is 19.0 Å². The van der Waals surface area contributed by atoms with Crippen LogP contribution in [0.2, 0.25) is 0 Å². The zero-order valence-corrected chi connectivity index (χ0v) is 20.9. The van der Waals surface area contributed by atoms with E-state index < -0.39 is 54.3 Å². The maximum atomic E-state index is 14.6. The molecule has 3 aromatic rings. The molecular weight excluding hydrogens is 556 g/mol. The molecule has 2 aliphatic heterocycles. The lowest BCUT2D eigenvalue weighted by molar-refractivity contribution is -0.312. The van der Waals surface area contributed by atoms with E-state index in [0.29, 0.717) is 0 Å². The quantitative estimate of drug-likeness (QED) is 0.247. The van der Waals surface area contributed by atoms with Crippen molar-refractivity contribution < 1.29 is 32.9 Å². The van der Waals surface area contributed by atoms with Crippen LogP contribution in [0.4, 0.5) is 8.78 Å². The van der Waals surface area contributed by atoms with E-state index in [9.17, 15) is 18.7 Å². The first kappa shape index (κ1) is 25.5. The van der Waals surface area contributed by atoms with E-state index in [1.54, 1.807) is 0 Å². The number of aromatic nitrogens is 3. The Bertz CT molecular complexity index is 1330. The highest BCUT2D eigenvalue weighted by atomic mass is 79.9. The summed E-state index contributed by atoms with van der Waals surface area (Å²) in [5.74, 6) is -3.04. The molecule has 3 heterocycles. The molecule has 0 bridgehead atoms. The van der Waals surface area contributed by atoms with Crippen molar-refractivity contribution in [2.24, 2.45) is 0 Å². The lowest BCUT2D eigenvalue weighted by atomic mass is 9.91. The second-order valence-electron chi connectivity index (χ2n) is 8.67. The first-order valence-electron chi connectivity index (χ1n) is 11.3. The molecule has 194 valence electrons. The highest BCUT2D eigenvalue weighted by Gasteiger charge is 2.53. The number of carbonyl (C=O) groups excluding carboxylic acids is 1. The summed E-state index contributed by atoms with van der Waals surface area (Å²) in [6, 6.07) is 10.8. The van der Waals surface area contributed by atoms with Gasteiger partial charge in [-0.15, -0.1) is 5.10 Å². The summed E-state index contributed by atoms with van der Waals surface area (Å²) < 4.78 is 47.8. The van der Waals surface area contributed by atoms with Gasteiger partial charge in [-0.25, -0.2) is 13.5 Å². The van der Waals surface area contributed by atoms with E-state index in [1.807, 2.05) is 30.3 Å². The third-order valence-corrected chi connectivity index (χ3v) is 6.76. The van der Waals surface area contributed by atoms with Gasteiger partial charge in [-0.3, -0.25) is 10.2 Å². The Morgan fingerprint density at radius 1 is 1.19 bits per heavy atom. The minimum Gasteiger partial charge on any atom is -0.387 e. The van der Waals surface area contributed by atoms with Crippen molar-refractivity contribution in [3.05, 3.63) is 70.3 Å². The Hall–Kier alpha value is -3.10. The molecule has 0 radical (unpaired) electrons. The van der Waals surface area contributed by atoms with E-state index >= 15 is 0 Å². The number of rotatable bonds is 4. The first-order chi connectivity index (χ1) is 17.7. The number of aliphatic hydroxyl groups is 1. The molecule has 0 spiro atoms. The number of ether oxygens (including phenoxy) is 3. The zero-order chi connectivity index (χ0) is 26.3. The molecule has 0 saturated carbocycles. The molecule has 0 unspecified atom stereocenters. The third-order valence-electron chi connectivity index (χ3n) is 6.14. The molecular formula is C24H22BrF2N5O5. The van der Waals surface area contributed by atoms with Gasteiger partial charge in [-0.05, 0) is 35.0 Å². The minimum absolute atomic E-state index is 0.0159. The fraction of sp³-hybridized carbons (Fsp3) is 0.333. The fourth-order valence-electron chi connectivity index (χ4n) is 4.44. The largest absolute Gasteiger partial charge is 0.387 e. The summed E-state index contributed by atoms with van der Waals surface area (Å²) in [5.41, 5.74) is 0.621. The predicted octanol–water partition coefficient (Wildman–Crippen LogP) is 2.88. The summed E-state index contributed by atoms with van der Waals surface area (Å²) in [6.45, 7) is 1.41. The summed E-state index contributed by atoms with van der Waals surface area (Å²) in [4.78, 5) is 12.7. The summed E-state index contributed by atoms with van der Waals surface area (Å²) in [5, 5.41) is 29.2. The van der Waals surface area contributed by atoms with Crippen LogP contribution in [0.1, 0.15) is 24.8 Å². The molecule has 1 aromatic heterocycles. The van der Waals surface area contributed by atoms with E-state index in [-0.39, 0.29) is 28.2 Å². The van der Waals surface area contributed by atoms with Gasteiger partial charge in [0.2, 0.25) is 0 Å². The molecule has 5 rings (SSSR count). The van der Waals surface area contributed by atoms with E-state index in [0.717, 1.165) is 5.56 Å². The van der Waals surface area contributed by atoms with Crippen LogP contribution >= 0.6 is 15.9 Å². The summed E-state index contributed by atoms with van der Waals surface area (Å²) in [6.07, 6.45) is -3.95. The molecule has 1 amide bonds. The number of halogens is 3. The van der Waals surface area contributed by atoms with Gasteiger partial charge < -0.3 is 24.6 Å². The van der Waals surface area contributed by atoms with Crippen molar-refractivity contribution in [2.75, 3.05) is 6.61 Å². The molecule has 6 atom stereocenters. The number of aliphatic hydroxyl groups excluding tert-OH is 1. The number of nitrogens with one attached hydrogen (secondary N) is 2. The molecule has 2 aliphatic rings. The minimum atomic E-state index is -1.49. The van der Waals surface area contributed by atoms with Crippen molar-refractivity contribution in [3.8, 4) is 11.3 Å². The normalized spacial score (nSPS) is 27.4. The molecule has 13 heteroatoms. The Labute approximate surface area is 218 Å². The Morgan fingerprint density at radius 3 is 2.68 bits per heavy atom. The number of amides is 1. The molecule has 10 nitrogen and oxygen atoms in total. The van der Waals surface area contributed by atoms with Crippen LogP contribution < -0.4 is 5.32 Å². The van der Waals surface area contributed by atoms with Crippen LogP contribution in [0.25, 0.3) is 11.3 Å². The number of hydrogen-bond acceptors (Lipinski definition) is 8. The molecule has 2 saturated heterocycles. The number of nitrogens with zero attached hydrogens (tertiary/aromatic N) is 3. The molecule has 2 aromatic carbocycles. The second kappa shape index (κ2) is 10.3. The number of carbonyl (C=O) groups is 1. The van der Waals surface area contributed by atoms with Gasteiger partial charge in [-0.2, -0.15) is 0 Å². The fourth-order valence-corrected chi connectivity index (χ4v) is 4.75. The summed E-state index contributed by atoms with van der Waals surface area (Å²) in [7, 11) is 0. The zero-order valence-electron chi connectivity index (χ0n) is 19.3. The Balaban J connectivity index is 1.51. The van der Waals surface area contributed by atoms with Crippen molar-refractivity contribution in [1.82, 2.24) is 20.3 Å². The van der Waals surface area contributed by atoms with Gasteiger partial charge in [0, 0.05) is 11.1 Å². The smallest absolute Gasteiger partial charge is 0.257 e. The van der Waals surface area contributed by atoms with E-state index in [4.69, 9.17) is 19.6 Å². The lowest BCUT2D eigenvalue weighted by Crippen LogP contribution is -2.62. The third kappa shape index (κ3) is 4.92. The van der Waals surface area contributed by atoms with Crippen LogP contribution in [0.15, 0.2) is 53.1 Å². The van der Waals surface area contributed by atoms with Crippen LogP contribution in [0, 0.1) is 17.0 Å². The van der Waals surface area contributed by atoms with Crippen molar-refractivity contribution in [3.63, 3.8) is 0 Å². The van der Waals surface area contributed by atoms with Gasteiger partial charge in [0.25, 0.3) is 5.91 Å². The van der Waals surface area contributed by atoms with E-state index in [1.165, 1.54) is 29.9 Å². The SMILES string of the molecule is CC(=N)NC(=O)[C@@H]1O[C@@H]2CO[C@H](c3ccccc3)O[C@@H]2[C@H](n2cc(-c3ccc(Br)c(F)c3F)nn2)[C@H]1O. The average molecular weight is 578 g/mol.